The van der Waals surface area contributed by atoms with Crippen LogP contribution in [0.4, 0.5) is 0 Å². The molecule has 0 bridgehead atoms. The first-order chi connectivity index (χ1) is 12.4. The molecule has 1 fully saturated rings. The van der Waals surface area contributed by atoms with Gasteiger partial charge < -0.3 is 10.3 Å². The van der Waals surface area contributed by atoms with Crippen molar-refractivity contribution in [2.45, 2.75) is 26.3 Å². The van der Waals surface area contributed by atoms with E-state index in [-0.39, 0.29) is 0 Å². The Balaban J connectivity index is 1.77. The van der Waals surface area contributed by atoms with Crippen LogP contribution in [0, 0.1) is 12.8 Å². The van der Waals surface area contributed by atoms with Crippen LogP contribution < -0.4 is 5.73 Å². The fraction of sp³-hybridized carbons (Fsp3) is 0.278. The average Bonchev–Trinajstić information content (AvgIpc) is 3.14. The van der Waals surface area contributed by atoms with Gasteiger partial charge in [0, 0.05) is 23.2 Å². The maximum atomic E-state index is 11.8. The van der Waals surface area contributed by atoms with E-state index in [0.29, 0.717) is 21.8 Å². The molecule has 134 valence electrons. The molecule has 2 N–H and O–H groups in total. The van der Waals surface area contributed by atoms with Gasteiger partial charge in [0.1, 0.15) is 15.3 Å². The summed E-state index contributed by atoms with van der Waals surface area (Å²) >= 11 is 13.5. The lowest BCUT2D eigenvalue weighted by atomic mass is 10.2. The van der Waals surface area contributed by atoms with E-state index in [4.69, 9.17) is 33.9 Å². The molecule has 26 heavy (non-hydrogen) atoms. The van der Waals surface area contributed by atoms with Crippen LogP contribution in [0.3, 0.4) is 0 Å². The van der Waals surface area contributed by atoms with E-state index in [0.717, 1.165) is 34.2 Å². The topological polar surface area (TPSA) is 73.8 Å². The highest BCUT2D eigenvalue weighted by molar-refractivity contribution is 7.13. The minimum absolute atomic E-state index is 0.327. The van der Waals surface area contributed by atoms with Gasteiger partial charge in [-0.15, -0.1) is 11.3 Å². The summed E-state index contributed by atoms with van der Waals surface area (Å²) in [7, 11) is 0. The van der Waals surface area contributed by atoms with E-state index in [1.807, 2.05) is 18.4 Å². The molecule has 1 amide bonds. The zero-order valence-corrected chi connectivity index (χ0v) is 16.3. The number of nitrogens with zero attached hydrogens (tertiary/aromatic N) is 3. The molecular formula is C18H16Cl2N4OS. The number of pyridine rings is 1. The van der Waals surface area contributed by atoms with E-state index in [1.165, 1.54) is 24.2 Å². The van der Waals surface area contributed by atoms with E-state index >= 15 is 0 Å². The zero-order chi connectivity index (χ0) is 18.4. The summed E-state index contributed by atoms with van der Waals surface area (Å²) in [6.45, 7) is 2.82. The molecule has 0 spiro atoms. The number of hydrogen-bond donors (Lipinski definition) is 1. The Hall–Kier alpha value is -1.89. The van der Waals surface area contributed by atoms with Crippen LogP contribution in [-0.2, 0) is 6.54 Å². The zero-order valence-electron chi connectivity index (χ0n) is 14.0. The SMILES string of the molecule is Cc1c(C(N)=O)cc(-c2csc(-c3cc(Cl)nc(Cl)c3)n2)n1CC1CC1. The molecular weight excluding hydrogens is 391 g/mol. The average molecular weight is 407 g/mol. The number of thiazole rings is 1. The monoisotopic (exact) mass is 406 g/mol. The highest BCUT2D eigenvalue weighted by atomic mass is 35.5. The Morgan fingerprint density at radius 3 is 2.58 bits per heavy atom. The van der Waals surface area contributed by atoms with E-state index in [1.54, 1.807) is 12.1 Å². The largest absolute Gasteiger partial charge is 0.366 e. The highest BCUT2D eigenvalue weighted by Crippen LogP contribution is 2.36. The summed E-state index contributed by atoms with van der Waals surface area (Å²) in [6, 6.07) is 5.31. The molecule has 0 aliphatic heterocycles. The second-order valence-corrected chi connectivity index (χ2v) is 8.12. The van der Waals surface area contributed by atoms with Gasteiger partial charge in [-0.3, -0.25) is 4.79 Å². The molecule has 3 heterocycles. The van der Waals surface area contributed by atoms with Crippen LogP contribution >= 0.6 is 34.5 Å². The van der Waals surface area contributed by atoms with Crippen molar-refractivity contribution >= 4 is 40.4 Å². The van der Waals surface area contributed by atoms with Gasteiger partial charge in [-0.25, -0.2) is 9.97 Å². The molecule has 1 saturated carbocycles. The van der Waals surface area contributed by atoms with Crippen molar-refractivity contribution in [3.05, 3.63) is 45.1 Å². The minimum Gasteiger partial charge on any atom is -0.366 e. The Kier molecular flexibility index (Phi) is 4.50. The number of hydrogen-bond acceptors (Lipinski definition) is 4. The van der Waals surface area contributed by atoms with Crippen LogP contribution in [-0.4, -0.2) is 20.4 Å². The second kappa shape index (κ2) is 6.68. The van der Waals surface area contributed by atoms with Gasteiger partial charge in [0.25, 0.3) is 5.91 Å². The van der Waals surface area contributed by atoms with Crippen LogP contribution in [0.1, 0.15) is 28.9 Å². The number of aromatic nitrogens is 3. The smallest absolute Gasteiger partial charge is 0.250 e. The number of primary amides is 1. The van der Waals surface area contributed by atoms with Crippen LogP contribution in [0.5, 0.6) is 0 Å². The fourth-order valence-electron chi connectivity index (χ4n) is 3.01. The van der Waals surface area contributed by atoms with Gasteiger partial charge in [-0.2, -0.15) is 0 Å². The Labute approximate surface area is 164 Å². The lowest BCUT2D eigenvalue weighted by Gasteiger charge is -2.09. The second-order valence-electron chi connectivity index (χ2n) is 6.49. The van der Waals surface area contributed by atoms with E-state index < -0.39 is 5.91 Å². The van der Waals surface area contributed by atoms with Crippen molar-refractivity contribution in [1.82, 2.24) is 14.5 Å². The molecule has 0 saturated heterocycles. The molecule has 8 heteroatoms. The molecule has 4 rings (SSSR count). The summed E-state index contributed by atoms with van der Waals surface area (Å²) in [6.07, 6.45) is 2.44. The number of rotatable bonds is 5. The van der Waals surface area contributed by atoms with Gasteiger partial charge >= 0.3 is 0 Å². The van der Waals surface area contributed by atoms with E-state index in [9.17, 15) is 4.79 Å². The summed E-state index contributed by atoms with van der Waals surface area (Å²) in [4.78, 5) is 20.5. The standard InChI is InChI=1S/C18H16Cl2N4OS/c1-9-12(17(21)25)6-14(24(9)7-10-2-3-10)13-8-26-18(22-13)11-4-15(19)23-16(20)5-11/h4-6,8,10H,2-3,7H2,1H3,(H2,21,25). The minimum atomic E-state index is -0.415. The lowest BCUT2D eigenvalue weighted by molar-refractivity contribution is 0.0999. The summed E-state index contributed by atoms with van der Waals surface area (Å²) in [5.41, 5.74) is 9.53. The number of amides is 1. The first-order valence-electron chi connectivity index (χ1n) is 8.21. The summed E-state index contributed by atoms with van der Waals surface area (Å²) < 4.78 is 2.16. The predicted molar refractivity (Wildman–Crippen MR) is 105 cm³/mol. The quantitative estimate of drug-likeness (QED) is 0.618. The van der Waals surface area contributed by atoms with Crippen LogP contribution in [0.15, 0.2) is 23.6 Å². The molecule has 1 aliphatic carbocycles. The van der Waals surface area contributed by atoms with Gasteiger partial charge in [0.05, 0.1) is 17.0 Å². The van der Waals surface area contributed by atoms with Gasteiger partial charge in [0.2, 0.25) is 0 Å². The first kappa shape index (κ1) is 17.5. The summed E-state index contributed by atoms with van der Waals surface area (Å²) in [5, 5.41) is 3.42. The molecule has 3 aromatic rings. The lowest BCUT2D eigenvalue weighted by Crippen LogP contribution is -2.12. The first-order valence-corrected chi connectivity index (χ1v) is 9.85. The van der Waals surface area contributed by atoms with Crippen molar-refractivity contribution in [2.75, 3.05) is 0 Å². The van der Waals surface area contributed by atoms with Crippen LogP contribution in [0.25, 0.3) is 22.0 Å². The third kappa shape index (κ3) is 3.37. The Morgan fingerprint density at radius 2 is 1.96 bits per heavy atom. The van der Waals surface area contributed by atoms with Gasteiger partial charge in [0.15, 0.2) is 0 Å². The highest BCUT2D eigenvalue weighted by Gasteiger charge is 2.26. The van der Waals surface area contributed by atoms with Gasteiger partial charge in [-0.05, 0) is 43.9 Å². The summed E-state index contributed by atoms with van der Waals surface area (Å²) in [5.74, 6) is 0.248. The molecule has 1 aliphatic rings. The maximum Gasteiger partial charge on any atom is 0.250 e. The van der Waals surface area contributed by atoms with Crippen molar-refractivity contribution < 1.29 is 4.79 Å². The van der Waals surface area contributed by atoms with E-state index in [2.05, 4.69) is 9.55 Å². The number of carbonyl (C=O) groups is 1. The van der Waals surface area contributed by atoms with Gasteiger partial charge in [-0.1, -0.05) is 23.2 Å². The normalized spacial score (nSPS) is 14.0. The van der Waals surface area contributed by atoms with Crippen molar-refractivity contribution in [3.8, 4) is 22.0 Å². The molecule has 0 unspecified atom stereocenters. The van der Waals surface area contributed by atoms with Crippen LogP contribution in [0.2, 0.25) is 10.3 Å². The van der Waals surface area contributed by atoms with Crippen molar-refractivity contribution in [1.29, 1.82) is 0 Å². The Bertz CT molecular complexity index is 987. The number of halogens is 2. The molecule has 0 aromatic carbocycles. The molecule has 0 radical (unpaired) electrons. The molecule has 3 aromatic heterocycles. The third-order valence-electron chi connectivity index (χ3n) is 4.55. The number of carbonyl (C=O) groups excluding carboxylic acids is 1. The predicted octanol–water partition coefficient (Wildman–Crippen LogP) is 4.80. The number of nitrogens with two attached hydrogens (primary N) is 1. The van der Waals surface area contributed by atoms with Crippen molar-refractivity contribution in [3.63, 3.8) is 0 Å². The maximum absolute atomic E-state index is 11.8. The van der Waals surface area contributed by atoms with Crippen molar-refractivity contribution in [2.24, 2.45) is 11.7 Å². The molecule has 5 nitrogen and oxygen atoms in total. The third-order valence-corrected chi connectivity index (χ3v) is 5.82. The fourth-order valence-corrected chi connectivity index (χ4v) is 4.28. The molecule has 0 atom stereocenters. The Morgan fingerprint density at radius 1 is 1.27 bits per heavy atom.